The van der Waals surface area contributed by atoms with Crippen LogP contribution in [0.15, 0.2) is 18.2 Å². The van der Waals surface area contributed by atoms with E-state index in [4.69, 9.17) is 5.84 Å². The average Bonchev–Trinajstić information content (AvgIpc) is 2.79. The molecule has 7 heteroatoms. The molecule has 0 aliphatic carbocycles. The molecule has 1 unspecified atom stereocenters. The smallest absolute Gasteiger partial charge is 0.293 e. The number of carbonyl (C=O) groups excluding carboxylic acids is 1. The lowest BCUT2D eigenvalue weighted by atomic mass is 10.1. The van der Waals surface area contributed by atoms with Crippen LogP contribution in [0.25, 0.3) is 0 Å². The summed E-state index contributed by atoms with van der Waals surface area (Å²) in [6, 6.07) is 4.77. The molecule has 0 spiro atoms. The van der Waals surface area contributed by atoms with Gasteiger partial charge in [0.25, 0.3) is 5.69 Å². The predicted octanol–water partition coefficient (Wildman–Crippen LogP) is 1.64. The molecule has 1 aromatic carbocycles. The van der Waals surface area contributed by atoms with Crippen LogP contribution in [0, 0.1) is 16.0 Å². The molecule has 1 aromatic rings. The Bertz CT molecular complexity index is 532. The van der Waals surface area contributed by atoms with Crippen LogP contribution in [0.1, 0.15) is 25.3 Å². The largest absolute Gasteiger partial charge is 0.338 e. The van der Waals surface area contributed by atoms with Crippen molar-refractivity contribution in [3.05, 3.63) is 33.9 Å². The SMILES string of the molecule is CCC1CC(=O)N(Cc2ccc(NN)c([N+](=O)[O-])c2)C1. The summed E-state index contributed by atoms with van der Waals surface area (Å²) in [6.45, 7) is 3.19. The molecule has 1 aliphatic rings. The Morgan fingerprint density at radius 1 is 1.55 bits per heavy atom. The number of nitrogens with two attached hydrogens (primary N) is 1. The Morgan fingerprint density at radius 2 is 2.30 bits per heavy atom. The van der Waals surface area contributed by atoms with Crippen LogP contribution in [0.3, 0.4) is 0 Å². The van der Waals surface area contributed by atoms with Crippen LogP contribution in [-0.4, -0.2) is 22.3 Å². The van der Waals surface area contributed by atoms with Crippen molar-refractivity contribution in [3.63, 3.8) is 0 Å². The molecule has 1 atom stereocenters. The van der Waals surface area contributed by atoms with Gasteiger partial charge in [-0.1, -0.05) is 19.4 Å². The molecule has 108 valence electrons. The van der Waals surface area contributed by atoms with E-state index in [1.165, 1.54) is 6.07 Å². The van der Waals surface area contributed by atoms with Crippen LogP contribution in [-0.2, 0) is 11.3 Å². The number of amides is 1. The topological polar surface area (TPSA) is 102 Å². The standard InChI is InChI=1S/C13H18N4O3/c1-2-9-6-13(18)16(7-9)8-10-3-4-11(15-14)12(5-10)17(19)20/h3-5,9,15H,2,6-8,14H2,1H3. The number of hydrogen-bond acceptors (Lipinski definition) is 5. The summed E-state index contributed by atoms with van der Waals surface area (Å²) in [4.78, 5) is 24.1. The maximum absolute atomic E-state index is 11.8. The number of anilines is 1. The molecule has 0 saturated carbocycles. The molecule has 3 N–H and O–H groups in total. The van der Waals surface area contributed by atoms with Gasteiger partial charge < -0.3 is 10.3 Å². The number of hydrazine groups is 1. The summed E-state index contributed by atoms with van der Waals surface area (Å²) >= 11 is 0. The second-order valence-electron chi connectivity index (χ2n) is 5.01. The Labute approximate surface area is 116 Å². The summed E-state index contributed by atoms with van der Waals surface area (Å²) in [5.41, 5.74) is 3.22. The molecule has 0 aromatic heterocycles. The fraction of sp³-hybridized carbons (Fsp3) is 0.462. The zero-order valence-electron chi connectivity index (χ0n) is 11.3. The van der Waals surface area contributed by atoms with E-state index in [-0.39, 0.29) is 17.3 Å². The van der Waals surface area contributed by atoms with Crippen molar-refractivity contribution in [2.24, 2.45) is 11.8 Å². The highest BCUT2D eigenvalue weighted by Crippen LogP contribution is 2.27. The number of nitrogens with one attached hydrogen (secondary N) is 1. The molecule has 1 saturated heterocycles. The van der Waals surface area contributed by atoms with E-state index in [9.17, 15) is 14.9 Å². The fourth-order valence-electron chi connectivity index (χ4n) is 2.45. The van der Waals surface area contributed by atoms with Gasteiger partial charge in [-0.25, -0.2) is 0 Å². The van der Waals surface area contributed by atoms with Gasteiger partial charge in [0, 0.05) is 25.6 Å². The fourth-order valence-corrected chi connectivity index (χ4v) is 2.45. The van der Waals surface area contributed by atoms with Crippen LogP contribution in [0.5, 0.6) is 0 Å². The van der Waals surface area contributed by atoms with E-state index in [1.807, 2.05) is 0 Å². The molecule has 1 amide bonds. The zero-order chi connectivity index (χ0) is 14.7. The number of carbonyl (C=O) groups is 1. The third-order valence-electron chi connectivity index (χ3n) is 3.66. The summed E-state index contributed by atoms with van der Waals surface area (Å²) in [6.07, 6.45) is 1.54. The van der Waals surface area contributed by atoms with Crippen molar-refractivity contribution < 1.29 is 9.72 Å². The van der Waals surface area contributed by atoms with Gasteiger partial charge in [0.15, 0.2) is 0 Å². The number of hydrogen-bond donors (Lipinski definition) is 2. The summed E-state index contributed by atoms with van der Waals surface area (Å²) < 4.78 is 0. The zero-order valence-corrected chi connectivity index (χ0v) is 11.3. The normalized spacial score (nSPS) is 18.4. The summed E-state index contributed by atoms with van der Waals surface area (Å²) in [5, 5.41) is 11.0. The number of benzene rings is 1. The van der Waals surface area contributed by atoms with Gasteiger partial charge in [-0.3, -0.25) is 20.8 Å². The molecule has 0 radical (unpaired) electrons. The summed E-state index contributed by atoms with van der Waals surface area (Å²) in [7, 11) is 0. The lowest BCUT2D eigenvalue weighted by Crippen LogP contribution is -2.24. The number of nitrogen functional groups attached to an aromatic ring is 1. The van der Waals surface area contributed by atoms with E-state index >= 15 is 0 Å². The van der Waals surface area contributed by atoms with Gasteiger partial charge in [0.2, 0.25) is 5.91 Å². The van der Waals surface area contributed by atoms with E-state index in [0.717, 1.165) is 18.5 Å². The minimum Gasteiger partial charge on any atom is -0.338 e. The van der Waals surface area contributed by atoms with E-state index < -0.39 is 4.92 Å². The van der Waals surface area contributed by atoms with Crippen molar-refractivity contribution in [2.75, 3.05) is 12.0 Å². The quantitative estimate of drug-likeness (QED) is 0.484. The number of likely N-dealkylation sites (tertiary alicyclic amines) is 1. The first-order valence-corrected chi connectivity index (χ1v) is 6.56. The van der Waals surface area contributed by atoms with Gasteiger partial charge >= 0.3 is 0 Å². The van der Waals surface area contributed by atoms with Crippen molar-refractivity contribution in [1.29, 1.82) is 0 Å². The lowest BCUT2D eigenvalue weighted by Gasteiger charge is -2.16. The molecular formula is C13H18N4O3. The molecular weight excluding hydrogens is 260 g/mol. The molecule has 1 aliphatic heterocycles. The summed E-state index contributed by atoms with van der Waals surface area (Å²) in [5.74, 6) is 5.74. The molecule has 0 bridgehead atoms. The monoisotopic (exact) mass is 278 g/mol. The first kappa shape index (κ1) is 14.3. The minimum absolute atomic E-state index is 0.0799. The van der Waals surface area contributed by atoms with Crippen molar-refractivity contribution in [3.8, 4) is 0 Å². The molecule has 1 heterocycles. The van der Waals surface area contributed by atoms with Crippen LogP contribution in [0.2, 0.25) is 0 Å². The number of rotatable bonds is 5. The first-order chi connectivity index (χ1) is 9.55. The highest BCUT2D eigenvalue weighted by molar-refractivity contribution is 5.78. The molecule has 7 nitrogen and oxygen atoms in total. The van der Waals surface area contributed by atoms with Crippen molar-refractivity contribution in [2.45, 2.75) is 26.3 Å². The van der Waals surface area contributed by atoms with Gasteiger partial charge in [-0.05, 0) is 17.5 Å². The Hall–Kier alpha value is -2.15. The Balaban J connectivity index is 2.16. The average molecular weight is 278 g/mol. The number of nitrogens with zero attached hydrogens (tertiary/aromatic N) is 2. The first-order valence-electron chi connectivity index (χ1n) is 6.56. The van der Waals surface area contributed by atoms with Gasteiger partial charge in [-0.15, -0.1) is 0 Å². The number of nitro groups is 1. The van der Waals surface area contributed by atoms with Crippen LogP contribution >= 0.6 is 0 Å². The maximum Gasteiger partial charge on any atom is 0.293 e. The highest BCUT2D eigenvalue weighted by Gasteiger charge is 2.28. The second kappa shape index (κ2) is 5.87. The van der Waals surface area contributed by atoms with Gasteiger partial charge in [0.05, 0.1) is 4.92 Å². The molecule has 2 rings (SSSR count). The second-order valence-corrected chi connectivity index (χ2v) is 5.01. The highest BCUT2D eigenvalue weighted by atomic mass is 16.6. The van der Waals surface area contributed by atoms with Crippen molar-refractivity contribution in [1.82, 2.24) is 4.90 Å². The van der Waals surface area contributed by atoms with E-state index in [1.54, 1.807) is 17.0 Å². The third-order valence-corrected chi connectivity index (χ3v) is 3.66. The molecule has 1 fully saturated rings. The lowest BCUT2D eigenvalue weighted by molar-refractivity contribution is -0.384. The van der Waals surface area contributed by atoms with Crippen molar-refractivity contribution >= 4 is 17.3 Å². The van der Waals surface area contributed by atoms with Gasteiger partial charge in [-0.2, -0.15) is 0 Å². The predicted molar refractivity (Wildman–Crippen MR) is 74.7 cm³/mol. The third kappa shape index (κ3) is 2.88. The Morgan fingerprint density at radius 3 is 2.85 bits per heavy atom. The van der Waals surface area contributed by atoms with E-state index in [2.05, 4.69) is 12.3 Å². The maximum atomic E-state index is 11.8. The molecule has 20 heavy (non-hydrogen) atoms. The van der Waals surface area contributed by atoms with Crippen LogP contribution < -0.4 is 11.3 Å². The Kier molecular flexibility index (Phi) is 4.19. The van der Waals surface area contributed by atoms with Gasteiger partial charge in [0.1, 0.15) is 5.69 Å². The number of nitro benzene ring substituents is 1. The minimum atomic E-state index is -0.487. The van der Waals surface area contributed by atoms with Crippen LogP contribution in [0.4, 0.5) is 11.4 Å². The van der Waals surface area contributed by atoms with E-state index in [0.29, 0.717) is 18.9 Å².